The molecule has 0 aliphatic carbocycles. The van der Waals surface area contributed by atoms with Crippen LogP contribution in [0.15, 0.2) is 48.7 Å². The van der Waals surface area contributed by atoms with Crippen LogP contribution < -0.4 is 0 Å². The van der Waals surface area contributed by atoms with Gasteiger partial charge in [-0.15, -0.1) is 0 Å². The standard InChI is InChI=1S/C21H22ClN3O3/c1-14-9-18(25(24-14)17-4-2-3-16(22)11-17)6-7-19(27)10-15-5-8-20(23-12-15)21(28)13-26/h2-5,8-9,11-12,21,26,28H,6-7,10,13H2,1H3. The number of hydrogen-bond donors (Lipinski definition) is 2. The van der Waals surface area contributed by atoms with Crippen molar-refractivity contribution in [1.29, 1.82) is 0 Å². The molecule has 0 radical (unpaired) electrons. The molecule has 3 aromatic rings. The molecule has 0 saturated heterocycles. The Labute approximate surface area is 168 Å². The van der Waals surface area contributed by atoms with E-state index in [-0.39, 0.29) is 18.8 Å². The number of aliphatic hydroxyl groups excluding tert-OH is 2. The first kappa shape index (κ1) is 20.2. The Morgan fingerprint density at radius 3 is 2.75 bits per heavy atom. The van der Waals surface area contributed by atoms with Crippen molar-refractivity contribution in [1.82, 2.24) is 14.8 Å². The van der Waals surface area contributed by atoms with E-state index in [9.17, 15) is 9.90 Å². The van der Waals surface area contributed by atoms with Gasteiger partial charge in [-0.05, 0) is 49.2 Å². The number of rotatable bonds is 8. The number of aliphatic hydroxyl groups is 2. The molecule has 2 N–H and O–H groups in total. The second kappa shape index (κ2) is 9.10. The fourth-order valence-electron chi connectivity index (χ4n) is 2.98. The van der Waals surface area contributed by atoms with Crippen molar-refractivity contribution in [3.8, 4) is 5.69 Å². The summed E-state index contributed by atoms with van der Waals surface area (Å²) in [7, 11) is 0. The zero-order valence-electron chi connectivity index (χ0n) is 15.5. The molecular formula is C21H22ClN3O3. The number of aromatic nitrogens is 3. The van der Waals surface area contributed by atoms with E-state index in [1.807, 2.05) is 41.9 Å². The fourth-order valence-corrected chi connectivity index (χ4v) is 3.16. The topological polar surface area (TPSA) is 88.2 Å². The third-order valence-electron chi connectivity index (χ3n) is 4.38. The summed E-state index contributed by atoms with van der Waals surface area (Å²) in [5.74, 6) is 0.0914. The molecule has 0 saturated carbocycles. The molecule has 0 spiro atoms. The highest BCUT2D eigenvalue weighted by Crippen LogP contribution is 2.18. The van der Waals surface area contributed by atoms with Crippen LogP contribution >= 0.6 is 11.6 Å². The Morgan fingerprint density at radius 1 is 1.25 bits per heavy atom. The molecule has 28 heavy (non-hydrogen) atoms. The van der Waals surface area contributed by atoms with Gasteiger partial charge in [0, 0.05) is 29.8 Å². The fraction of sp³-hybridized carbons (Fsp3) is 0.286. The Bertz CT molecular complexity index is 954. The summed E-state index contributed by atoms with van der Waals surface area (Å²) in [4.78, 5) is 16.5. The Morgan fingerprint density at radius 2 is 2.07 bits per heavy atom. The number of hydrogen-bond acceptors (Lipinski definition) is 5. The van der Waals surface area contributed by atoms with E-state index in [2.05, 4.69) is 10.1 Å². The number of nitrogens with zero attached hydrogens (tertiary/aromatic N) is 3. The van der Waals surface area contributed by atoms with Gasteiger partial charge in [0.2, 0.25) is 0 Å². The highest BCUT2D eigenvalue weighted by molar-refractivity contribution is 6.30. The predicted molar refractivity (Wildman–Crippen MR) is 107 cm³/mol. The molecule has 1 aromatic carbocycles. The van der Waals surface area contributed by atoms with Gasteiger partial charge in [0.05, 0.1) is 23.7 Å². The van der Waals surface area contributed by atoms with Crippen LogP contribution in [0.1, 0.15) is 35.2 Å². The number of Topliss-reactive ketones (excluding diaryl/α,β-unsaturated/α-hetero) is 1. The first-order valence-corrected chi connectivity index (χ1v) is 9.41. The van der Waals surface area contributed by atoms with Crippen LogP contribution in [0.4, 0.5) is 0 Å². The second-order valence-electron chi connectivity index (χ2n) is 6.67. The highest BCUT2D eigenvalue weighted by Gasteiger charge is 2.12. The summed E-state index contributed by atoms with van der Waals surface area (Å²) in [5.41, 5.74) is 3.86. The van der Waals surface area contributed by atoms with Gasteiger partial charge in [-0.1, -0.05) is 23.7 Å². The zero-order chi connectivity index (χ0) is 20.1. The lowest BCUT2D eigenvalue weighted by molar-refractivity contribution is -0.118. The largest absolute Gasteiger partial charge is 0.393 e. The highest BCUT2D eigenvalue weighted by atomic mass is 35.5. The Hall–Kier alpha value is -2.54. The van der Waals surface area contributed by atoms with Crippen LogP contribution in [-0.2, 0) is 17.6 Å². The van der Waals surface area contributed by atoms with E-state index in [1.165, 1.54) is 0 Å². The number of halogens is 1. The summed E-state index contributed by atoms with van der Waals surface area (Å²) in [6.45, 7) is 1.53. The maximum atomic E-state index is 12.4. The Kier molecular flexibility index (Phi) is 6.57. The summed E-state index contributed by atoms with van der Waals surface area (Å²) in [5, 5.41) is 23.6. The van der Waals surface area contributed by atoms with Crippen LogP contribution in [0.25, 0.3) is 5.69 Å². The molecule has 146 valence electrons. The minimum Gasteiger partial charge on any atom is -0.393 e. The van der Waals surface area contributed by atoms with Gasteiger partial charge < -0.3 is 10.2 Å². The van der Waals surface area contributed by atoms with Gasteiger partial charge in [0.15, 0.2) is 0 Å². The van der Waals surface area contributed by atoms with Crippen molar-refractivity contribution < 1.29 is 15.0 Å². The average Bonchev–Trinajstić information content (AvgIpc) is 3.07. The summed E-state index contributed by atoms with van der Waals surface area (Å²) < 4.78 is 1.82. The van der Waals surface area contributed by atoms with E-state index >= 15 is 0 Å². The molecule has 0 bridgehead atoms. The first-order chi connectivity index (χ1) is 13.5. The molecule has 0 fully saturated rings. The van der Waals surface area contributed by atoms with Crippen molar-refractivity contribution in [2.24, 2.45) is 0 Å². The van der Waals surface area contributed by atoms with Gasteiger partial charge in [0.25, 0.3) is 0 Å². The molecule has 0 aliphatic heterocycles. The van der Waals surface area contributed by atoms with Crippen LogP contribution in [-0.4, -0.2) is 37.4 Å². The molecule has 0 amide bonds. The van der Waals surface area contributed by atoms with E-state index in [0.29, 0.717) is 23.6 Å². The lowest BCUT2D eigenvalue weighted by atomic mass is 10.1. The smallest absolute Gasteiger partial charge is 0.137 e. The third kappa shape index (κ3) is 5.04. The van der Waals surface area contributed by atoms with E-state index in [0.717, 1.165) is 22.6 Å². The average molecular weight is 400 g/mol. The zero-order valence-corrected chi connectivity index (χ0v) is 16.3. The maximum absolute atomic E-state index is 12.4. The van der Waals surface area contributed by atoms with E-state index < -0.39 is 6.10 Å². The summed E-state index contributed by atoms with van der Waals surface area (Å²) in [6, 6.07) is 12.8. The van der Waals surface area contributed by atoms with E-state index in [1.54, 1.807) is 18.3 Å². The number of carbonyl (C=O) groups is 1. The van der Waals surface area contributed by atoms with Crippen molar-refractivity contribution in [2.45, 2.75) is 32.3 Å². The summed E-state index contributed by atoms with van der Waals surface area (Å²) in [6.07, 6.45) is 1.78. The molecule has 6 nitrogen and oxygen atoms in total. The number of ketones is 1. The molecule has 3 rings (SSSR count). The van der Waals surface area contributed by atoms with Crippen molar-refractivity contribution in [3.63, 3.8) is 0 Å². The Balaban J connectivity index is 1.64. The second-order valence-corrected chi connectivity index (χ2v) is 7.11. The van der Waals surface area contributed by atoms with Gasteiger partial charge in [-0.3, -0.25) is 9.78 Å². The molecule has 0 aliphatic rings. The molecule has 2 heterocycles. The SMILES string of the molecule is Cc1cc(CCC(=O)Cc2ccc(C(O)CO)nc2)n(-c2cccc(Cl)c2)n1. The van der Waals surface area contributed by atoms with Crippen molar-refractivity contribution in [3.05, 3.63) is 76.3 Å². The van der Waals surface area contributed by atoms with Crippen LogP contribution in [0.2, 0.25) is 5.02 Å². The number of benzene rings is 1. The predicted octanol–water partition coefficient (Wildman–Crippen LogP) is 3.00. The lowest BCUT2D eigenvalue weighted by Crippen LogP contribution is -2.09. The number of carbonyl (C=O) groups excluding carboxylic acids is 1. The van der Waals surface area contributed by atoms with Gasteiger partial charge in [0.1, 0.15) is 11.9 Å². The number of aryl methyl sites for hydroxylation is 2. The van der Waals surface area contributed by atoms with Gasteiger partial charge in [-0.2, -0.15) is 5.10 Å². The van der Waals surface area contributed by atoms with Crippen molar-refractivity contribution >= 4 is 17.4 Å². The minimum absolute atomic E-state index is 0.0914. The van der Waals surface area contributed by atoms with E-state index in [4.69, 9.17) is 16.7 Å². The molecule has 1 atom stereocenters. The van der Waals surface area contributed by atoms with Crippen LogP contribution in [0.3, 0.4) is 0 Å². The molecular weight excluding hydrogens is 378 g/mol. The van der Waals surface area contributed by atoms with Crippen LogP contribution in [0, 0.1) is 6.92 Å². The van der Waals surface area contributed by atoms with Crippen molar-refractivity contribution in [2.75, 3.05) is 6.61 Å². The summed E-state index contributed by atoms with van der Waals surface area (Å²) >= 11 is 6.08. The normalized spacial score (nSPS) is 12.1. The van der Waals surface area contributed by atoms with Gasteiger partial charge in [-0.25, -0.2) is 4.68 Å². The molecule has 7 heteroatoms. The quantitative estimate of drug-likeness (QED) is 0.608. The van der Waals surface area contributed by atoms with Crippen LogP contribution in [0.5, 0.6) is 0 Å². The third-order valence-corrected chi connectivity index (χ3v) is 4.62. The lowest BCUT2D eigenvalue weighted by Gasteiger charge is -2.08. The van der Waals surface area contributed by atoms with Gasteiger partial charge >= 0.3 is 0 Å². The number of pyridine rings is 1. The monoisotopic (exact) mass is 399 g/mol. The minimum atomic E-state index is -1.00. The maximum Gasteiger partial charge on any atom is 0.137 e. The molecule has 1 unspecified atom stereocenters. The first-order valence-electron chi connectivity index (χ1n) is 9.03. The molecule has 2 aromatic heterocycles.